The largest absolute Gasteiger partial charge is 0.355 e. The maximum absolute atomic E-state index is 13.6. The molecule has 0 atom stereocenters. The van der Waals surface area contributed by atoms with E-state index in [4.69, 9.17) is 23.2 Å². The van der Waals surface area contributed by atoms with Gasteiger partial charge in [-0.25, -0.2) is 9.67 Å². The highest BCUT2D eigenvalue weighted by Crippen LogP contribution is 2.27. The van der Waals surface area contributed by atoms with Crippen molar-refractivity contribution in [3.05, 3.63) is 91.8 Å². The minimum Gasteiger partial charge on any atom is -0.355 e. The fourth-order valence-corrected chi connectivity index (χ4v) is 4.74. The lowest BCUT2D eigenvalue weighted by molar-refractivity contribution is 0.0964. The van der Waals surface area contributed by atoms with Crippen LogP contribution in [0.3, 0.4) is 0 Å². The van der Waals surface area contributed by atoms with Crippen molar-refractivity contribution >= 4 is 67.7 Å². The SMILES string of the molecule is CNC(=O)c1cc(Cl)cc(C)c1NC(=O)c1cc(Cn2nc3ccc(Br)cc3n2)nn1-c1ncccc1Cl. The highest BCUT2D eigenvalue weighted by molar-refractivity contribution is 9.10. The van der Waals surface area contributed by atoms with Crippen LogP contribution in [-0.4, -0.2) is 48.6 Å². The van der Waals surface area contributed by atoms with E-state index in [0.717, 1.165) is 9.99 Å². The van der Waals surface area contributed by atoms with E-state index in [9.17, 15) is 9.59 Å². The van der Waals surface area contributed by atoms with Crippen LogP contribution in [0.4, 0.5) is 5.69 Å². The molecule has 2 N–H and O–H groups in total. The quantitative estimate of drug-likeness (QED) is 0.277. The number of nitrogens with zero attached hydrogens (tertiary/aromatic N) is 6. The number of anilines is 1. The third-order valence-corrected chi connectivity index (χ3v) is 6.64. The van der Waals surface area contributed by atoms with E-state index >= 15 is 0 Å². The summed E-state index contributed by atoms with van der Waals surface area (Å²) in [6.45, 7) is 1.94. The molecule has 2 aromatic carbocycles. The highest BCUT2D eigenvalue weighted by atomic mass is 79.9. The first-order chi connectivity index (χ1) is 18.2. The summed E-state index contributed by atoms with van der Waals surface area (Å²) in [5, 5.41) is 19.7. The summed E-state index contributed by atoms with van der Waals surface area (Å²) in [4.78, 5) is 31.9. The van der Waals surface area contributed by atoms with Gasteiger partial charge in [0.25, 0.3) is 11.8 Å². The van der Waals surface area contributed by atoms with Crippen LogP contribution < -0.4 is 10.6 Å². The second-order valence-electron chi connectivity index (χ2n) is 8.28. The minimum absolute atomic E-state index is 0.150. The number of hydrogen-bond acceptors (Lipinski definition) is 6. The third-order valence-electron chi connectivity index (χ3n) is 5.63. The first kappa shape index (κ1) is 25.8. The van der Waals surface area contributed by atoms with E-state index in [2.05, 4.69) is 46.8 Å². The first-order valence-electron chi connectivity index (χ1n) is 11.3. The smallest absolute Gasteiger partial charge is 0.274 e. The van der Waals surface area contributed by atoms with E-state index in [-0.39, 0.29) is 23.6 Å². The van der Waals surface area contributed by atoms with Crippen molar-refractivity contribution in [2.45, 2.75) is 13.5 Å². The molecule has 0 aliphatic rings. The maximum Gasteiger partial charge on any atom is 0.274 e. The number of nitrogens with one attached hydrogen (secondary N) is 2. The molecule has 0 unspecified atom stereocenters. The lowest BCUT2D eigenvalue weighted by atomic mass is 10.1. The molecule has 13 heteroatoms. The van der Waals surface area contributed by atoms with Crippen LogP contribution in [0, 0.1) is 6.92 Å². The van der Waals surface area contributed by atoms with Gasteiger partial charge in [-0.3, -0.25) is 9.59 Å². The fraction of sp³-hybridized carbons (Fsp3) is 0.120. The van der Waals surface area contributed by atoms with Crippen molar-refractivity contribution < 1.29 is 9.59 Å². The predicted molar refractivity (Wildman–Crippen MR) is 148 cm³/mol. The third kappa shape index (κ3) is 5.13. The summed E-state index contributed by atoms with van der Waals surface area (Å²) in [6.07, 6.45) is 1.55. The van der Waals surface area contributed by atoms with E-state index in [0.29, 0.717) is 32.5 Å². The summed E-state index contributed by atoms with van der Waals surface area (Å²) in [5.74, 6) is -0.646. The normalized spacial score (nSPS) is 11.1. The van der Waals surface area contributed by atoms with Crippen LogP contribution >= 0.6 is 39.1 Å². The molecule has 0 bridgehead atoms. The Labute approximate surface area is 235 Å². The number of rotatable bonds is 6. The molecule has 5 rings (SSSR count). The second-order valence-corrected chi connectivity index (χ2v) is 10.0. The van der Waals surface area contributed by atoms with Crippen LogP contribution in [0.5, 0.6) is 0 Å². The Morgan fingerprint density at radius 2 is 1.79 bits per heavy atom. The summed E-state index contributed by atoms with van der Waals surface area (Å²) in [7, 11) is 1.50. The van der Waals surface area contributed by atoms with Crippen LogP contribution in [0.25, 0.3) is 16.9 Å². The van der Waals surface area contributed by atoms with E-state index in [1.165, 1.54) is 22.6 Å². The van der Waals surface area contributed by atoms with Gasteiger partial charge in [0, 0.05) is 22.7 Å². The summed E-state index contributed by atoms with van der Waals surface area (Å²) in [6, 6.07) is 13.7. The molecule has 0 saturated heterocycles. The Hall–Kier alpha value is -3.80. The summed E-state index contributed by atoms with van der Waals surface area (Å²) < 4.78 is 2.25. The maximum atomic E-state index is 13.6. The zero-order chi connectivity index (χ0) is 27.0. The molecule has 0 spiro atoms. The average molecular weight is 614 g/mol. The van der Waals surface area contributed by atoms with Crippen molar-refractivity contribution in [1.82, 2.24) is 35.1 Å². The zero-order valence-electron chi connectivity index (χ0n) is 20.0. The van der Waals surface area contributed by atoms with Gasteiger partial charge in [0.05, 0.1) is 22.0 Å². The predicted octanol–water partition coefficient (Wildman–Crippen LogP) is 5.05. The Bertz CT molecular complexity index is 1720. The molecule has 0 fully saturated rings. The molecule has 3 aromatic heterocycles. The van der Waals surface area contributed by atoms with E-state index in [1.807, 2.05) is 18.2 Å². The summed E-state index contributed by atoms with van der Waals surface area (Å²) >= 11 is 16.0. The van der Waals surface area contributed by atoms with Crippen LogP contribution in [0.2, 0.25) is 10.0 Å². The van der Waals surface area contributed by atoms with Gasteiger partial charge in [-0.2, -0.15) is 20.1 Å². The van der Waals surface area contributed by atoms with Gasteiger partial charge in [0.15, 0.2) is 5.82 Å². The first-order valence-corrected chi connectivity index (χ1v) is 12.8. The van der Waals surface area contributed by atoms with Crippen molar-refractivity contribution in [2.24, 2.45) is 0 Å². The number of carbonyl (C=O) groups excluding carboxylic acids is 2. The van der Waals surface area contributed by atoms with E-state index < -0.39 is 11.8 Å². The molecule has 0 radical (unpaired) electrons. The summed E-state index contributed by atoms with van der Waals surface area (Å²) in [5.41, 5.74) is 3.25. The molecule has 0 aliphatic carbocycles. The van der Waals surface area contributed by atoms with E-state index in [1.54, 1.807) is 37.4 Å². The van der Waals surface area contributed by atoms with Gasteiger partial charge >= 0.3 is 0 Å². The van der Waals surface area contributed by atoms with Crippen LogP contribution in [0.15, 0.2) is 59.2 Å². The molecule has 10 nitrogen and oxygen atoms in total. The fourth-order valence-electron chi connectivity index (χ4n) is 3.91. The molecular formula is C25H19BrCl2N8O2. The van der Waals surface area contributed by atoms with Gasteiger partial charge in [0.1, 0.15) is 23.3 Å². The number of carbonyl (C=O) groups is 2. The van der Waals surface area contributed by atoms with Gasteiger partial charge < -0.3 is 10.6 Å². The van der Waals surface area contributed by atoms with Crippen molar-refractivity contribution in [3.8, 4) is 5.82 Å². The highest BCUT2D eigenvalue weighted by Gasteiger charge is 2.23. The van der Waals surface area contributed by atoms with Crippen LogP contribution in [0.1, 0.15) is 32.1 Å². The zero-order valence-corrected chi connectivity index (χ0v) is 23.1. The standard InChI is InChI=1S/C25H19BrCl2N8O2/c1-13-8-15(27)10-17(24(37)29-2)22(13)31-25(38)21-11-16(32-36(21)23-18(28)4-3-7-30-23)12-35-33-19-6-5-14(26)9-20(19)34-35/h3-11H,12H2,1-2H3,(H,29,37)(H,31,38). The molecule has 2 amide bonds. The number of benzene rings is 2. The Kier molecular flexibility index (Phi) is 7.15. The molecule has 3 heterocycles. The Balaban J connectivity index is 1.55. The van der Waals surface area contributed by atoms with Crippen molar-refractivity contribution in [1.29, 1.82) is 0 Å². The Morgan fingerprint density at radius 3 is 2.55 bits per heavy atom. The molecular weight excluding hydrogens is 595 g/mol. The molecule has 5 aromatic rings. The number of aryl methyl sites for hydroxylation is 1. The number of aromatic nitrogens is 6. The number of hydrogen-bond donors (Lipinski definition) is 2. The number of amides is 2. The van der Waals surface area contributed by atoms with Crippen LogP contribution in [-0.2, 0) is 6.54 Å². The molecule has 0 aliphatic heterocycles. The van der Waals surface area contributed by atoms with Gasteiger partial charge in [0.2, 0.25) is 0 Å². The number of halogens is 3. The minimum atomic E-state index is -0.524. The lowest BCUT2D eigenvalue weighted by Crippen LogP contribution is -2.23. The Morgan fingerprint density at radius 1 is 1.00 bits per heavy atom. The van der Waals surface area contributed by atoms with Crippen molar-refractivity contribution in [3.63, 3.8) is 0 Å². The number of fused-ring (bicyclic) bond motifs is 1. The van der Waals surface area contributed by atoms with Gasteiger partial charge in [-0.1, -0.05) is 39.1 Å². The van der Waals surface area contributed by atoms with Gasteiger partial charge in [-0.05, 0) is 61.0 Å². The van der Waals surface area contributed by atoms with Crippen molar-refractivity contribution in [2.75, 3.05) is 12.4 Å². The number of pyridine rings is 1. The molecule has 192 valence electrons. The topological polar surface area (TPSA) is 120 Å². The van der Waals surface area contributed by atoms with Gasteiger partial charge in [-0.15, -0.1) is 0 Å². The second kappa shape index (κ2) is 10.5. The average Bonchev–Trinajstić information content (AvgIpc) is 3.48. The molecule has 38 heavy (non-hydrogen) atoms. The molecule has 0 saturated carbocycles. The lowest BCUT2D eigenvalue weighted by Gasteiger charge is -2.14. The monoisotopic (exact) mass is 612 g/mol.